The maximum absolute atomic E-state index is 12.2. The fourth-order valence-corrected chi connectivity index (χ4v) is 3.89. The maximum atomic E-state index is 12.2. The summed E-state index contributed by atoms with van der Waals surface area (Å²) in [5.74, 6) is 0.711. The van der Waals surface area contributed by atoms with Gasteiger partial charge in [-0.2, -0.15) is 0 Å². The van der Waals surface area contributed by atoms with E-state index in [-0.39, 0.29) is 5.91 Å². The fraction of sp³-hybridized carbons (Fsp3) is 0.462. The number of carbonyl (C=O) groups is 1. The Hall–Kier alpha value is -2.86. The zero-order valence-electron chi connectivity index (χ0n) is 19.5. The quantitative estimate of drug-likeness (QED) is 0.415. The largest absolute Gasteiger partial charge is 0.352 e. The summed E-state index contributed by atoms with van der Waals surface area (Å²) in [6.45, 7) is 7.54. The first-order chi connectivity index (χ1) is 15.7. The molecule has 6 heteroatoms. The van der Waals surface area contributed by atoms with Crippen LogP contribution < -0.4 is 16.0 Å². The van der Waals surface area contributed by atoms with Gasteiger partial charge in [0.05, 0.1) is 0 Å². The molecule has 32 heavy (non-hydrogen) atoms. The van der Waals surface area contributed by atoms with Gasteiger partial charge in [-0.3, -0.25) is 14.7 Å². The normalized spacial score (nSPS) is 14.8. The van der Waals surface area contributed by atoms with Crippen molar-refractivity contribution in [1.29, 1.82) is 0 Å². The standard InChI is InChI=1S/C26H37N5O/c1-3-14-28-25(32)24-9-7-8-23(17-24)19-30-26(27-2)29-18-21-10-12-22(13-11-21)20-31-15-5-4-6-16-31/h7-13,17H,3-6,14-16,18-20H2,1-2H3,(H,28,32)(H2,27,29,30). The number of aliphatic imine (C=N–C) groups is 1. The second kappa shape index (κ2) is 12.9. The fourth-order valence-electron chi connectivity index (χ4n) is 3.89. The van der Waals surface area contributed by atoms with E-state index in [4.69, 9.17) is 0 Å². The van der Waals surface area contributed by atoms with Gasteiger partial charge in [0.15, 0.2) is 5.96 Å². The Morgan fingerprint density at radius 3 is 2.28 bits per heavy atom. The summed E-state index contributed by atoms with van der Waals surface area (Å²) in [5, 5.41) is 9.62. The molecule has 2 aromatic carbocycles. The van der Waals surface area contributed by atoms with Crippen LogP contribution in [0.25, 0.3) is 0 Å². The molecule has 0 unspecified atom stereocenters. The Labute approximate surface area is 192 Å². The van der Waals surface area contributed by atoms with Gasteiger partial charge >= 0.3 is 0 Å². The molecule has 3 rings (SSSR count). The van der Waals surface area contributed by atoms with E-state index in [0.717, 1.165) is 24.5 Å². The van der Waals surface area contributed by atoms with E-state index in [1.165, 1.54) is 43.5 Å². The summed E-state index contributed by atoms with van der Waals surface area (Å²) >= 11 is 0. The summed E-state index contributed by atoms with van der Waals surface area (Å²) < 4.78 is 0. The molecule has 1 aliphatic heterocycles. The van der Waals surface area contributed by atoms with Crippen molar-refractivity contribution < 1.29 is 4.79 Å². The Morgan fingerprint density at radius 1 is 0.906 bits per heavy atom. The number of rotatable bonds is 9. The molecule has 0 bridgehead atoms. The van der Waals surface area contributed by atoms with Crippen LogP contribution in [0.5, 0.6) is 0 Å². The number of guanidine groups is 1. The number of amides is 1. The highest BCUT2D eigenvalue weighted by Gasteiger charge is 2.10. The van der Waals surface area contributed by atoms with Crippen molar-refractivity contribution in [2.24, 2.45) is 4.99 Å². The van der Waals surface area contributed by atoms with Crippen molar-refractivity contribution in [3.8, 4) is 0 Å². The van der Waals surface area contributed by atoms with E-state index in [0.29, 0.717) is 25.2 Å². The van der Waals surface area contributed by atoms with Crippen LogP contribution in [0.4, 0.5) is 0 Å². The van der Waals surface area contributed by atoms with Crippen LogP contribution >= 0.6 is 0 Å². The number of carbonyl (C=O) groups excluding carboxylic acids is 1. The maximum Gasteiger partial charge on any atom is 0.251 e. The van der Waals surface area contributed by atoms with E-state index >= 15 is 0 Å². The number of nitrogens with zero attached hydrogens (tertiary/aromatic N) is 2. The zero-order valence-corrected chi connectivity index (χ0v) is 19.5. The van der Waals surface area contributed by atoms with Crippen LogP contribution in [0, 0.1) is 0 Å². The number of likely N-dealkylation sites (tertiary alicyclic amines) is 1. The first-order valence-corrected chi connectivity index (χ1v) is 11.8. The molecule has 1 aliphatic rings. The highest BCUT2D eigenvalue weighted by Crippen LogP contribution is 2.13. The SMILES string of the molecule is CCCNC(=O)c1cccc(CNC(=NC)NCc2ccc(CN3CCCCC3)cc2)c1. The Morgan fingerprint density at radius 2 is 1.59 bits per heavy atom. The lowest BCUT2D eigenvalue weighted by Crippen LogP contribution is -2.36. The molecule has 6 nitrogen and oxygen atoms in total. The van der Waals surface area contributed by atoms with Gasteiger partial charge in [-0.25, -0.2) is 0 Å². The van der Waals surface area contributed by atoms with Crippen molar-refractivity contribution >= 4 is 11.9 Å². The van der Waals surface area contributed by atoms with Gasteiger partial charge in [0, 0.05) is 38.8 Å². The Balaban J connectivity index is 1.45. The predicted molar refractivity (Wildman–Crippen MR) is 132 cm³/mol. The monoisotopic (exact) mass is 435 g/mol. The van der Waals surface area contributed by atoms with Gasteiger partial charge < -0.3 is 16.0 Å². The Bertz CT molecular complexity index is 872. The molecule has 0 aliphatic carbocycles. The topological polar surface area (TPSA) is 68.8 Å². The number of hydrogen-bond acceptors (Lipinski definition) is 3. The van der Waals surface area contributed by atoms with E-state index in [9.17, 15) is 4.79 Å². The molecule has 0 atom stereocenters. The molecular formula is C26H37N5O. The number of nitrogens with one attached hydrogen (secondary N) is 3. The van der Waals surface area contributed by atoms with E-state index in [2.05, 4.69) is 50.1 Å². The van der Waals surface area contributed by atoms with Crippen molar-refractivity contribution in [3.63, 3.8) is 0 Å². The number of piperidine rings is 1. The molecule has 1 heterocycles. The third kappa shape index (κ3) is 7.68. The Kier molecular flexibility index (Phi) is 9.57. The first-order valence-electron chi connectivity index (χ1n) is 11.8. The lowest BCUT2D eigenvalue weighted by atomic mass is 10.1. The minimum atomic E-state index is -0.0278. The highest BCUT2D eigenvalue weighted by atomic mass is 16.1. The van der Waals surface area contributed by atoms with E-state index in [1.54, 1.807) is 7.05 Å². The van der Waals surface area contributed by atoms with Gasteiger partial charge in [0.1, 0.15) is 0 Å². The van der Waals surface area contributed by atoms with Crippen molar-refractivity contribution in [1.82, 2.24) is 20.9 Å². The van der Waals surface area contributed by atoms with Gasteiger partial charge in [-0.1, -0.05) is 49.7 Å². The van der Waals surface area contributed by atoms with Crippen LogP contribution in [0.15, 0.2) is 53.5 Å². The molecule has 0 aromatic heterocycles. The molecule has 3 N–H and O–H groups in total. The molecule has 172 valence electrons. The average Bonchev–Trinajstić information content (AvgIpc) is 2.84. The highest BCUT2D eigenvalue weighted by molar-refractivity contribution is 5.94. The molecular weight excluding hydrogens is 398 g/mol. The predicted octanol–water partition coefficient (Wildman–Crippen LogP) is 3.68. The van der Waals surface area contributed by atoms with Crippen molar-refractivity contribution in [2.75, 3.05) is 26.7 Å². The smallest absolute Gasteiger partial charge is 0.251 e. The number of benzene rings is 2. The summed E-state index contributed by atoms with van der Waals surface area (Å²) in [6, 6.07) is 16.5. The van der Waals surface area contributed by atoms with Crippen LogP contribution in [0.3, 0.4) is 0 Å². The first kappa shape index (κ1) is 23.8. The van der Waals surface area contributed by atoms with Gasteiger partial charge in [-0.15, -0.1) is 0 Å². The molecule has 1 saturated heterocycles. The van der Waals surface area contributed by atoms with Crippen LogP contribution in [0.2, 0.25) is 0 Å². The molecule has 0 spiro atoms. The van der Waals surface area contributed by atoms with E-state index in [1.807, 2.05) is 31.2 Å². The molecule has 1 amide bonds. The minimum Gasteiger partial charge on any atom is -0.352 e. The second-order valence-electron chi connectivity index (χ2n) is 8.39. The molecule has 0 saturated carbocycles. The summed E-state index contributed by atoms with van der Waals surface area (Å²) in [4.78, 5) is 19.0. The van der Waals surface area contributed by atoms with Crippen molar-refractivity contribution in [3.05, 3.63) is 70.8 Å². The molecule has 2 aromatic rings. The third-order valence-corrected chi connectivity index (χ3v) is 5.75. The molecule has 1 fully saturated rings. The lowest BCUT2D eigenvalue weighted by Gasteiger charge is -2.26. The molecule has 0 radical (unpaired) electrons. The van der Waals surface area contributed by atoms with Crippen LogP contribution in [0.1, 0.15) is 59.7 Å². The van der Waals surface area contributed by atoms with Crippen molar-refractivity contribution in [2.45, 2.75) is 52.2 Å². The minimum absolute atomic E-state index is 0.0278. The van der Waals surface area contributed by atoms with Gasteiger partial charge in [0.2, 0.25) is 0 Å². The van der Waals surface area contributed by atoms with Crippen LogP contribution in [-0.2, 0) is 19.6 Å². The van der Waals surface area contributed by atoms with Gasteiger partial charge in [0.25, 0.3) is 5.91 Å². The van der Waals surface area contributed by atoms with Crippen LogP contribution in [-0.4, -0.2) is 43.4 Å². The number of hydrogen-bond donors (Lipinski definition) is 3. The average molecular weight is 436 g/mol. The second-order valence-corrected chi connectivity index (χ2v) is 8.39. The van der Waals surface area contributed by atoms with E-state index < -0.39 is 0 Å². The third-order valence-electron chi connectivity index (χ3n) is 5.75. The lowest BCUT2D eigenvalue weighted by molar-refractivity contribution is 0.0953. The summed E-state index contributed by atoms with van der Waals surface area (Å²) in [5.41, 5.74) is 4.33. The summed E-state index contributed by atoms with van der Waals surface area (Å²) in [6.07, 6.45) is 4.95. The van der Waals surface area contributed by atoms with Gasteiger partial charge in [-0.05, 0) is 61.2 Å². The summed E-state index contributed by atoms with van der Waals surface area (Å²) in [7, 11) is 1.77. The zero-order chi connectivity index (χ0) is 22.6.